The fourth-order valence-electron chi connectivity index (χ4n) is 2.37. The van der Waals surface area contributed by atoms with Gasteiger partial charge in [-0.25, -0.2) is 4.79 Å². The van der Waals surface area contributed by atoms with Crippen LogP contribution in [-0.4, -0.2) is 17.7 Å². The molecule has 1 aliphatic heterocycles. The molecule has 1 heterocycles. The Morgan fingerprint density at radius 2 is 2.09 bits per heavy atom. The predicted molar refractivity (Wildman–Crippen MR) is 87.2 cm³/mol. The first-order valence-corrected chi connectivity index (χ1v) is 6.99. The van der Waals surface area contributed by atoms with Gasteiger partial charge in [0.1, 0.15) is 12.4 Å². The minimum absolute atomic E-state index is 0. The van der Waals surface area contributed by atoms with Gasteiger partial charge in [0.05, 0.1) is 11.6 Å². The third kappa shape index (κ3) is 3.53. The lowest BCUT2D eigenvalue weighted by Crippen LogP contribution is -2.23. The summed E-state index contributed by atoms with van der Waals surface area (Å²) < 4.78 is 5.78. The Labute approximate surface area is 139 Å². The van der Waals surface area contributed by atoms with Crippen molar-refractivity contribution in [3.63, 3.8) is 0 Å². The van der Waals surface area contributed by atoms with Crippen LogP contribution in [0.3, 0.4) is 0 Å². The fraction of sp³-hybridized carbons (Fsp3) is 0.188. The fourth-order valence-corrected chi connectivity index (χ4v) is 2.57. The maximum absolute atomic E-state index is 11.0. The highest BCUT2D eigenvalue weighted by Crippen LogP contribution is 2.27. The summed E-state index contributed by atoms with van der Waals surface area (Å²) in [6.45, 7) is 1.04. The van der Waals surface area contributed by atoms with Gasteiger partial charge in [0.15, 0.2) is 0 Å². The van der Waals surface area contributed by atoms with Crippen LogP contribution >= 0.6 is 24.0 Å². The summed E-state index contributed by atoms with van der Waals surface area (Å²) in [4.78, 5) is 11.0. The first-order valence-electron chi connectivity index (χ1n) is 6.61. The van der Waals surface area contributed by atoms with Crippen molar-refractivity contribution >= 4 is 30.0 Å². The van der Waals surface area contributed by atoms with Gasteiger partial charge in [0.2, 0.25) is 0 Å². The molecule has 1 atom stereocenters. The monoisotopic (exact) mass is 339 g/mol. The van der Waals surface area contributed by atoms with E-state index in [-0.39, 0.29) is 24.0 Å². The highest BCUT2D eigenvalue weighted by Gasteiger charge is 2.19. The predicted octanol–water partition coefficient (Wildman–Crippen LogP) is 3.68. The number of carboxylic acids is 1. The van der Waals surface area contributed by atoms with Crippen LogP contribution in [0.4, 0.5) is 0 Å². The number of aromatic carboxylic acids is 1. The van der Waals surface area contributed by atoms with Crippen LogP contribution in [0.2, 0.25) is 5.02 Å². The van der Waals surface area contributed by atoms with E-state index in [9.17, 15) is 4.79 Å². The quantitative estimate of drug-likeness (QED) is 0.876. The minimum Gasteiger partial charge on any atom is -0.491 e. The molecule has 4 nitrogen and oxygen atoms in total. The first-order chi connectivity index (χ1) is 10.1. The molecule has 0 aromatic heterocycles. The summed E-state index contributed by atoms with van der Waals surface area (Å²) in [5, 5.41) is 13.1. The molecule has 116 valence electrons. The summed E-state index contributed by atoms with van der Waals surface area (Å²) in [7, 11) is 0. The largest absolute Gasteiger partial charge is 0.491 e. The van der Waals surface area contributed by atoms with Gasteiger partial charge in [-0.05, 0) is 29.8 Å². The number of benzene rings is 2. The van der Waals surface area contributed by atoms with Crippen LogP contribution in [0.5, 0.6) is 5.75 Å². The Kier molecular flexibility index (Phi) is 5.29. The lowest BCUT2D eigenvalue weighted by molar-refractivity contribution is 0.0696. The van der Waals surface area contributed by atoms with E-state index in [4.69, 9.17) is 21.4 Å². The zero-order valence-corrected chi connectivity index (χ0v) is 13.2. The van der Waals surface area contributed by atoms with E-state index < -0.39 is 5.97 Å². The van der Waals surface area contributed by atoms with Crippen LogP contribution in [0, 0.1) is 0 Å². The lowest BCUT2D eigenvalue weighted by atomic mass is 10.1. The average Bonchev–Trinajstić information content (AvgIpc) is 2.69. The number of ether oxygens (including phenoxy) is 1. The maximum Gasteiger partial charge on any atom is 0.335 e. The van der Waals surface area contributed by atoms with Crippen LogP contribution in [-0.2, 0) is 6.54 Å². The Hall–Kier alpha value is -1.75. The second kappa shape index (κ2) is 7.01. The van der Waals surface area contributed by atoms with Crippen molar-refractivity contribution in [2.24, 2.45) is 0 Å². The Bertz CT molecular complexity index is 691. The molecule has 2 N–H and O–H groups in total. The van der Waals surface area contributed by atoms with Gasteiger partial charge in [0.25, 0.3) is 0 Å². The molecule has 0 amide bonds. The zero-order valence-electron chi connectivity index (χ0n) is 11.6. The number of carbonyl (C=O) groups is 1. The topological polar surface area (TPSA) is 58.6 Å². The smallest absolute Gasteiger partial charge is 0.335 e. The highest BCUT2D eigenvalue weighted by molar-refractivity contribution is 6.30. The molecule has 3 rings (SSSR count). The van der Waals surface area contributed by atoms with Gasteiger partial charge >= 0.3 is 5.97 Å². The van der Waals surface area contributed by atoms with E-state index in [0.717, 1.165) is 11.1 Å². The van der Waals surface area contributed by atoms with Crippen molar-refractivity contribution in [2.45, 2.75) is 12.6 Å². The molecule has 0 radical (unpaired) electrons. The Balaban J connectivity index is 0.00000176. The normalized spacial score (nSPS) is 16.7. The first kappa shape index (κ1) is 16.6. The summed E-state index contributed by atoms with van der Waals surface area (Å²) in [6, 6.07) is 12.6. The van der Waals surface area contributed by atoms with Crippen molar-refractivity contribution in [3.05, 3.63) is 64.2 Å². The molecule has 22 heavy (non-hydrogen) atoms. The number of hydrogen-bond donors (Lipinski definition) is 2. The van der Waals surface area contributed by atoms with Gasteiger partial charge in [0, 0.05) is 17.1 Å². The third-order valence-electron chi connectivity index (χ3n) is 3.51. The molecule has 0 saturated heterocycles. The van der Waals surface area contributed by atoms with Crippen LogP contribution < -0.4 is 10.1 Å². The summed E-state index contributed by atoms with van der Waals surface area (Å²) in [5.41, 5.74) is 2.23. The van der Waals surface area contributed by atoms with E-state index in [0.29, 0.717) is 23.9 Å². The summed E-state index contributed by atoms with van der Waals surface area (Å²) >= 11 is 6.02. The van der Waals surface area contributed by atoms with Crippen molar-refractivity contribution in [1.29, 1.82) is 0 Å². The molecule has 0 saturated carbocycles. The molecule has 1 aliphatic rings. The SMILES string of the molecule is Cl.O=C(O)c1ccc2c(c1)OC[C@H](c1cccc(Cl)c1)NC2. The summed E-state index contributed by atoms with van der Waals surface area (Å²) in [6.07, 6.45) is 0. The maximum atomic E-state index is 11.0. The van der Waals surface area contributed by atoms with E-state index in [1.165, 1.54) is 0 Å². The zero-order chi connectivity index (χ0) is 14.8. The Morgan fingerprint density at radius 1 is 1.27 bits per heavy atom. The average molecular weight is 340 g/mol. The molecule has 0 spiro atoms. The van der Waals surface area contributed by atoms with Crippen LogP contribution in [0.25, 0.3) is 0 Å². The van der Waals surface area contributed by atoms with Crippen molar-refractivity contribution in [1.82, 2.24) is 5.32 Å². The van der Waals surface area contributed by atoms with E-state index >= 15 is 0 Å². The molecular formula is C16H15Cl2NO3. The molecule has 2 aromatic carbocycles. The third-order valence-corrected chi connectivity index (χ3v) is 3.74. The van der Waals surface area contributed by atoms with Gasteiger partial charge in [-0.1, -0.05) is 29.8 Å². The van der Waals surface area contributed by atoms with E-state index in [1.807, 2.05) is 24.3 Å². The molecule has 0 fully saturated rings. The van der Waals surface area contributed by atoms with Crippen molar-refractivity contribution in [2.75, 3.05) is 6.61 Å². The lowest BCUT2D eigenvalue weighted by Gasteiger charge is -2.16. The summed E-state index contributed by atoms with van der Waals surface area (Å²) in [5.74, 6) is -0.336. The highest BCUT2D eigenvalue weighted by atomic mass is 35.5. The number of hydrogen-bond acceptors (Lipinski definition) is 3. The van der Waals surface area contributed by atoms with Gasteiger partial charge in [-0.15, -0.1) is 12.4 Å². The van der Waals surface area contributed by atoms with Gasteiger partial charge in [-0.2, -0.15) is 0 Å². The molecule has 2 aromatic rings. The number of carboxylic acid groups (broad SMARTS) is 1. The molecule has 6 heteroatoms. The number of fused-ring (bicyclic) bond motifs is 1. The number of rotatable bonds is 2. The molecular weight excluding hydrogens is 325 g/mol. The Morgan fingerprint density at radius 3 is 2.82 bits per heavy atom. The van der Waals surface area contributed by atoms with Crippen LogP contribution in [0.15, 0.2) is 42.5 Å². The second-order valence-electron chi connectivity index (χ2n) is 4.93. The standard InChI is InChI=1S/C16H14ClNO3.ClH/c17-13-3-1-2-10(6-13)14-9-21-15-7-11(16(19)20)4-5-12(15)8-18-14;/h1-7,14,18H,8-9H2,(H,19,20);1H/t14-;/m1./s1. The minimum atomic E-state index is -0.954. The number of halogens is 2. The molecule has 0 unspecified atom stereocenters. The van der Waals surface area contributed by atoms with Crippen molar-refractivity contribution in [3.8, 4) is 5.75 Å². The second-order valence-corrected chi connectivity index (χ2v) is 5.36. The van der Waals surface area contributed by atoms with E-state index in [1.54, 1.807) is 18.2 Å². The molecule has 0 aliphatic carbocycles. The van der Waals surface area contributed by atoms with E-state index in [2.05, 4.69) is 5.32 Å². The van der Waals surface area contributed by atoms with Gasteiger partial charge in [-0.3, -0.25) is 0 Å². The number of nitrogens with one attached hydrogen (secondary N) is 1. The van der Waals surface area contributed by atoms with Crippen LogP contribution in [0.1, 0.15) is 27.5 Å². The van der Waals surface area contributed by atoms with Crippen molar-refractivity contribution < 1.29 is 14.6 Å². The van der Waals surface area contributed by atoms with Gasteiger partial charge < -0.3 is 15.2 Å². The molecule has 0 bridgehead atoms.